The van der Waals surface area contributed by atoms with Crippen molar-refractivity contribution in [3.05, 3.63) is 133 Å². The number of rotatable bonds is 10. The van der Waals surface area contributed by atoms with Gasteiger partial charge in [0.25, 0.3) is 11.8 Å². The highest BCUT2D eigenvalue weighted by atomic mass is 16.6. The Labute approximate surface area is 337 Å². The molecule has 2 saturated heterocycles. The Morgan fingerprint density at radius 2 is 1.54 bits per heavy atom. The Balaban J connectivity index is 1.32. The average Bonchev–Trinajstić information content (AvgIpc) is 3.60. The van der Waals surface area contributed by atoms with Crippen LogP contribution >= 0.6 is 0 Å². The van der Waals surface area contributed by atoms with Gasteiger partial charge in [0.15, 0.2) is 17.2 Å². The summed E-state index contributed by atoms with van der Waals surface area (Å²) in [5.74, 6) is -7.87. The van der Waals surface area contributed by atoms with Gasteiger partial charge in [-0.15, -0.1) is 0 Å². The quantitative estimate of drug-likeness (QED) is 0.0800. The minimum Gasteiger partial charge on any atom is -0.504 e. The van der Waals surface area contributed by atoms with Crippen LogP contribution in [0, 0.1) is 50.8 Å². The summed E-state index contributed by atoms with van der Waals surface area (Å²) in [6, 6.07) is 22.9. The second-order valence-electron chi connectivity index (χ2n) is 15.5. The molecule has 0 aromatic heterocycles. The number of hydrazine groups is 1. The maximum atomic E-state index is 15.4. The number of allylic oxidation sites excluding steroid dienone is 2. The largest absolute Gasteiger partial charge is 0.504 e. The van der Waals surface area contributed by atoms with Crippen molar-refractivity contribution in [2.75, 3.05) is 35.9 Å². The first-order valence-electron chi connectivity index (χ1n) is 19.2. The van der Waals surface area contributed by atoms with Crippen LogP contribution in [0.25, 0.3) is 0 Å². The lowest BCUT2D eigenvalue weighted by Gasteiger charge is -2.50. The number of hydrogen-bond acceptors (Lipinski definition) is 12. The molecule has 0 bridgehead atoms. The fraction of sp³-hybridized carbons (Fsp3) is 0.302. The number of benzene rings is 4. The number of nitro benzene ring substituents is 2. The molecule has 4 amide bonds. The molecular weight excluding hydrogens is 761 g/mol. The molecule has 0 radical (unpaired) electrons. The summed E-state index contributed by atoms with van der Waals surface area (Å²) in [5, 5.41) is 37.5. The number of nitrogens with zero attached hydrogens (tertiary/aromatic N) is 5. The average molecular weight is 801 g/mol. The van der Waals surface area contributed by atoms with E-state index in [-0.39, 0.29) is 47.9 Å². The molecule has 2 N–H and O–H groups in total. The Morgan fingerprint density at radius 3 is 2.15 bits per heavy atom. The zero-order valence-corrected chi connectivity index (χ0v) is 32.5. The monoisotopic (exact) mass is 800 g/mol. The Kier molecular flexibility index (Phi) is 9.44. The van der Waals surface area contributed by atoms with Gasteiger partial charge in [-0.2, -0.15) is 5.01 Å². The number of imide groups is 2. The highest BCUT2D eigenvalue weighted by Crippen LogP contribution is 2.65. The number of phenols is 1. The normalized spacial score (nSPS) is 24.6. The standard InChI is InChI=1S/C43H40N6O10/c1-5-59-34-13-9-12-29(38(34)50)36-27-18-19-28-35(41(53)46(39(28)51)26-20-32(48(55)56)37(45(3)4)33(21-26)49(57)58)30(27)22-31-40(52)47(44-25-16-14-23(2)15-17-25)42(54)43(31,36)24-10-7-6-8-11-24/h6-18,20-21,28,30-31,35-36,44,50H,5,19,22H2,1-4H3/t28-,30+,31-,35-,36+,43+/m0/s1. The van der Waals surface area contributed by atoms with Crippen molar-refractivity contribution < 1.29 is 38.9 Å². The third-order valence-corrected chi connectivity index (χ3v) is 12.2. The number of para-hydroxylation sites is 1. The van der Waals surface area contributed by atoms with Crippen LogP contribution in [0.2, 0.25) is 0 Å². The van der Waals surface area contributed by atoms with Crippen LogP contribution in [0.15, 0.2) is 96.6 Å². The summed E-state index contributed by atoms with van der Waals surface area (Å²) in [7, 11) is 2.82. The van der Waals surface area contributed by atoms with Crippen LogP contribution in [0.3, 0.4) is 0 Å². The van der Waals surface area contributed by atoms with Crippen molar-refractivity contribution in [2.45, 2.75) is 38.0 Å². The minimum absolute atomic E-state index is 0.00293. The number of carbonyl (C=O) groups excluding carboxylic acids is 4. The number of ether oxygens (including phenoxy) is 1. The zero-order valence-electron chi connectivity index (χ0n) is 32.5. The number of aryl methyl sites for hydroxylation is 1. The zero-order chi connectivity index (χ0) is 42.1. The van der Waals surface area contributed by atoms with Gasteiger partial charge >= 0.3 is 11.4 Å². The second kappa shape index (κ2) is 14.4. The van der Waals surface area contributed by atoms with Crippen LogP contribution in [0.1, 0.15) is 42.4 Å². The molecule has 2 aliphatic heterocycles. The third kappa shape index (κ3) is 5.80. The first kappa shape index (κ1) is 38.8. The smallest absolute Gasteiger partial charge is 0.301 e. The maximum absolute atomic E-state index is 15.4. The highest BCUT2D eigenvalue weighted by molar-refractivity contribution is 6.23. The van der Waals surface area contributed by atoms with Crippen molar-refractivity contribution in [1.82, 2.24) is 5.01 Å². The Morgan fingerprint density at radius 1 is 0.881 bits per heavy atom. The molecule has 3 fully saturated rings. The van der Waals surface area contributed by atoms with Crippen LogP contribution < -0.4 is 20.0 Å². The molecule has 0 spiro atoms. The van der Waals surface area contributed by atoms with E-state index in [4.69, 9.17) is 4.74 Å². The van der Waals surface area contributed by atoms with Crippen LogP contribution in [-0.2, 0) is 24.6 Å². The van der Waals surface area contributed by atoms with E-state index in [9.17, 15) is 39.7 Å². The van der Waals surface area contributed by atoms with E-state index >= 15 is 4.79 Å². The van der Waals surface area contributed by atoms with Crippen LogP contribution in [0.4, 0.5) is 28.4 Å². The molecule has 16 heteroatoms. The summed E-state index contributed by atoms with van der Waals surface area (Å²) >= 11 is 0. The Hall–Kier alpha value is -7.10. The molecular formula is C43H40N6O10. The van der Waals surface area contributed by atoms with Gasteiger partial charge in [0.05, 0.1) is 51.0 Å². The van der Waals surface area contributed by atoms with Crippen molar-refractivity contribution in [2.24, 2.45) is 23.7 Å². The number of nitrogens with one attached hydrogen (secondary N) is 1. The van der Waals surface area contributed by atoms with Gasteiger partial charge in [-0.25, -0.2) is 4.90 Å². The van der Waals surface area contributed by atoms with Crippen LogP contribution in [0.5, 0.6) is 11.5 Å². The molecule has 4 aromatic carbocycles. The van der Waals surface area contributed by atoms with Gasteiger partial charge in [-0.05, 0) is 56.4 Å². The SMILES string of the molecule is CCOc1cccc([C@H]2C3=CC[C@@H]4C(=O)N(c5cc([N+](=O)[O-])c(N(C)C)c([N+](=O)[O-])c5)C(=O)[C@@H]4[C@@H]3C[C@H]3C(=O)N(Nc4ccc(C)cc4)C(=O)[C@@]23c2ccccc2)c1O. The fourth-order valence-corrected chi connectivity index (χ4v) is 9.85. The lowest BCUT2D eigenvalue weighted by molar-refractivity contribution is -0.392. The molecule has 16 nitrogen and oxygen atoms in total. The molecule has 2 heterocycles. The van der Waals surface area contributed by atoms with E-state index in [0.717, 1.165) is 27.6 Å². The van der Waals surface area contributed by atoms with Gasteiger partial charge in [0, 0.05) is 37.7 Å². The number of amides is 4. The number of phenolic OH excluding ortho intramolecular Hbond substituents is 1. The number of hydrogen-bond donors (Lipinski definition) is 2. The number of carbonyl (C=O) groups is 4. The van der Waals surface area contributed by atoms with Gasteiger partial charge in [0.2, 0.25) is 11.8 Å². The van der Waals surface area contributed by atoms with Gasteiger partial charge in [0.1, 0.15) is 0 Å². The number of aromatic hydroxyl groups is 1. The molecule has 59 heavy (non-hydrogen) atoms. The van der Waals surface area contributed by atoms with Crippen molar-refractivity contribution in [3.63, 3.8) is 0 Å². The summed E-state index contributed by atoms with van der Waals surface area (Å²) < 4.78 is 5.80. The van der Waals surface area contributed by atoms with E-state index in [1.807, 2.05) is 19.1 Å². The Bertz CT molecular complexity index is 2450. The number of fused-ring (bicyclic) bond motifs is 4. The highest BCUT2D eigenvalue weighted by Gasteiger charge is 2.70. The van der Waals surface area contributed by atoms with Gasteiger partial charge in [-0.3, -0.25) is 44.8 Å². The van der Waals surface area contributed by atoms with Crippen molar-refractivity contribution in [1.29, 1.82) is 0 Å². The molecule has 0 unspecified atom stereocenters. The number of anilines is 3. The van der Waals surface area contributed by atoms with Crippen LogP contribution in [-0.4, -0.2) is 64.3 Å². The molecule has 8 rings (SSSR count). The fourth-order valence-electron chi connectivity index (χ4n) is 9.85. The topological polar surface area (TPSA) is 206 Å². The minimum atomic E-state index is -1.66. The maximum Gasteiger partial charge on any atom is 0.301 e. The van der Waals surface area contributed by atoms with Crippen molar-refractivity contribution in [3.8, 4) is 11.5 Å². The summed E-state index contributed by atoms with van der Waals surface area (Å²) in [5.41, 5.74) is 2.17. The van der Waals surface area contributed by atoms with Gasteiger partial charge in [-0.1, -0.05) is 71.8 Å². The summed E-state index contributed by atoms with van der Waals surface area (Å²) in [6.07, 6.45) is 1.74. The van der Waals surface area contributed by atoms with E-state index in [2.05, 4.69) is 5.43 Å². The van der Waals surface area contributed by atoms with E-state index in [0.29, 0.717) is 16.8 Å². The molecule has 4 aliphatic rings. The summed E-state index contributed by atoms with van der Waals surface area (Å²) in [6.45, 7) is 3.88. The molecule has 302 valence electrons. The van der Waals surface area contributed by atoms with Gasteiger partial charge < -0.3 is 14.7 Å². The first-order chi connectivity index (χ1) is 28.2. The summed E-state index contributed by atoms with van der Waals surface area (Å²) in [4.78, 5) is 84.5. The first-order valence-corrected chi connectivity index (χ1v) is 19.2. The predicted molar refractivity (Wildman–Crippen MR) is 215 cm³/mol. The molecule has 6 atom stereocenters. The second-order valence-corrected chi connectivity index (χ2v) is 15.5. The van der Waals surface area contributed by atoms with E-state index in [1.54, 1.807) is 73.7 Å². The lowest BCUT2D eigenvalue weighted by atomic mass is 9.49. The number of nitro groups is 2. The molecule has 2 aliphatic carbocycles. The van der Waals surface area contributed by atoms with E-state index < -0.39 is 79.9 Å². The third-order valence-electron chi connectivity index (χ3n) is 12.2. The molecule has 4 aromatic rings. The van der Waals surface area contributed by atoms with E-state index in [1.165, 1.54) is 19.0 Å². The predicted octanol–water partition coefficient (Wildman–Crippen LogP) is 6.17. The molecule has 1 saturated carbocycles. The van der Waals surface area contributed by atoms with Crippen molar-refractivity contribution >= 4 is 52.1 Å². The lowest BCUT2D eigenvalue weighted by Crippen LogP contribution is -2.53.